The van der Waals surface area contributed by atoms with E-state index in [2.05, 4.69) is 5.32 Å². The molecule has 166 valence electrons. The molecule has 0 spiro atoms. The Hall–Kier alpha value is -2.99. The monoisotopic (exact) mass is 450 g/mol. The molecule has 1 N–H and O–H groups in total. The molecule has 3 aromatic rings. The third-order valence-electron chi connectivity index (χ3n) is 5.89. The Labute approximate surface area is 192 Å². The van der Waals surface area contributed by atoms with E-state index in [-0.39, 0.29) is 30.2 Å². The van der Waals surface area contributed by atoms with Crippen molar-refractivity contribution < 1.29 is 14.0 Å². The van der Waals surface area contributed by atoms with Gasteiger partial charge in [-0.1, -0.05) is 67.8 Å². The number of nitrogens with one attached hydrogen (secondary N) is 1. The first-order valence-electron chi connectivity index (χ1n) is 11.1. The number of carbonyl (C=O) groups is 2. The van der Waals surface area contributed by atoms with Gasteiger partial charge in [-0.3, -0.25) is 9.59 Å². The second kappa shape index (κ2) is 10.6. The van der Waals surface area contributed by atoms with Crippen LogP contribution >= 0.6 is 11.3 Å². The minimum Gasteiger partial charge on any atom is -0.351 e. The Balaban J connectivity index is 1.70. The van der Waals surface area contributed by atoms with Gasteiger partial charge in [0, 0.05) is 12.6 Å². The van der Waals surface area contributed by atoms with Crippen molar-refractivity contribution in [2.24, 2.45) is 0 Å². The van der Waals surface area contributed by atoms with Crippen LogP contribution in [-0.4, -0.2) is 22.8 Å². The van der Waals surface area contributed by atoms with Crippen LogP contribution < -0.4 is 5.32 Å². The topological polar surface area (TPSA) is 49.4 Å². The molecule has 1 heterocycles. The summed E-state index contributed by atoms with van der Waals surface area (Å²) in [5.41, 5.74) is 1.52. The van der Waals surface area contributed by atoms with Crippen molar-refractivity contribution in [2.75, 3.05) is 0 Å². The molecule has 0 bridgehead atoms. The van der Waals surface area contributed by atoms with Gasteiger partial charge in [0.05, 0.1) is 4.88 Å². The van der Waals surface area contributed by atoms with Gasteiger partial charge >= 0.3 is 0 Å². The summed E-state index contributed by atoms with van der Waals surface area (Å²) < 4.78 is 13.5. The van der Waals surface area contributed by atoms with Crippen LogP contribution in [0.3, 0.4) is 0 Å². The van der Waals surface area contributed by atoms with Crippen molar-refractivity contribution in [2.45, 2.75) is 50.7 Å². The molecule has 4 nitrogen and oxygen atoms in total. The first-order valence-corrected chi connectivity index (χ1v) is 11.9. The number of halogens is 1. The molecule has 6 heteroatoms. The molecule has 0 aliphatic heterocycles. The van der Waals surface area contributed by atoms with Gasteiger partial charge in [-0.25, -0.2) is 4.39 Å². The van der Waals surface area contributed by atoms with Gasteiger partial charge in [0.25, 0.3) is 5.91 Å². The van der Waals surface area contributed by atoms with Crippen LogP contribution in [0.1, 0.15) is 58.9 Å². The van der Waals surface area contributed by atoms with Gasteiger partial charge in [-0.05, 0) is 47.5 Å². The van der Waals surface area contributed by atoms with Gasteiger partial charge in [0.1, 0.15) is 11.9 Å². The van der Waals surface area contributed by atoms with Crippen molar-refractivity contribution in [3.8, 4) is 0 Å². The second-order valence-corrected chi connectivity index (χ2v) is 9.14. The molecule has 32 heavy (non-hydrogen) atoms. The molecule has 1 atom stereocenters. The Bertz CT molecular complexity index is 1020. The highest BCUT2D eigenvalue weighted by Gasteiger charge is 2.33. The average Bonchev–Trinajstić information content (AvgIpc) is 3.36. The van der Waals surface area contributed by atoms with Crippen molar-refractivity contribution in [3.05, 3.63) is 93.9 Å². The number of rotatable bonds is 7. The predicted octanol–water partition coefficient (Wildman–Crippen LogP) is 5.72. The van der Waals surface area contributed by atoms with E-state index in [9.17, 15) is 14.0 Å². The number of thiophene rings is 1. The maximum absolute atomic E-state index is 13.6. The van der Waals surface area contributed by atoms with E-state index in [0.29, 0.717) is 4.88 Å². The van der Waals surface area contributed by atoms with Gasteiger partial charge in [-0.2, -0.15) is 0 Å². The van der Waals surface area contributed by atoms with Gasteiger partial charge < -0.3 is 10.2 Å². The summed E-state index contributed by atoms with van der Waals surface area (Å²) in [6.07, 6.45) is 5.33. The molecular formula is C26H27FN2O2S. The highest BCUT2D eigenvalue weighted by Crippen LogP contribution is 2.28. The van der Waals surface area contributed by atoms with Crippen molar-refractivity contribution in [3.63, 3.8) is 0 Å². The smallest absolute Gasteiger partial charge is 0.265 e. The van der Waals surface area contributed by atoms with Crippen LogP contribution in [0.15, 0.2) is 72.1 Å². The summed E-state index contributed by atoms with van der Waals surface area (Å²) in [4.78, 5) is 29.4. The van der Waals surface area contributed by atoms with Gasteiger partial charge in [0.2, 0.25) is 5.91 Å². The van der Waals surface area contributed by atoms with E-state index < -0.39 is 6.04 Å². The summed E-state index contributed by atoms with van der Waals surface area (Å²) >= 11 is 1.35. The van der Waals surface area contributed by atoms with Crippen molar-refractivity contribution in [1.29, 1.82) is 0 Å². The van der Waals surface area contributed by atoms with Crippen LogP contribution in [0.5, 0.6) is 0 Å². The molecular weight excluding hydrogens is 423 g/mol. The molecule has 0 radical (unpaired) electrons. The summed E-state index contributed by atoms with van der Waals surface area (Å²) in [7, 11) is 0. The minimum atomic E-state index is -0.780. The first-order chi connectivity index (χ1) is 15.6. The lowest BCUT2D eigenvalue weighted by Gasteiger charge is -2.33. The molecule has 1 saturated carbocycles. The summed E-state index contributed by atoms with van der Waals surface area (Å²) in [5.74, 6) is -0.716. The van der Waals surface area contributed by atoms with E-state index >= 15 is 0 Å². The predicted molar refractivity (Wildman–Crippen MR) is 125 cm³/mol. The molecule has 0 unspecified atom stereocenters. The standard InChI is InChI=1S/C26H27FN2O2S/c27-21-15-13-19(14-16-21)18-29(26(31)23-12-7-17-32-23)24(20-8-3-1-4-9-20)25(30)28-22-10-5-2-6-11-22/h1,3-4,7-9,12-17,22,24H,2,5-6,10-11,18H2,(H,28,30)/t24-/m0/s1. The minimum absolute atomic E-state index is 0.131. The zero-order valence-electron chi connectivity index (χ0n) is 17.9. The lowest BCUT2D eigenvalue weighted by molar-refractivity contribution is -0.127. The Morgan fingerprint density at radius 1 is 0.969 bits per heavy atom. The Morgan fingerprint density at radius 2 is 1.69 bits per heavy atom. The quantitative estimate of drug-likeness (QED) is 0.500. The van der Waals surface area contributed by atoms with E-state index in [1.807, 2.05) is 41.8 Å². The fraction of sp³-hybridized carbons (Fsp3) is 0.308. The first kappa shape index (κ1) is 22.2. The molecule has 0 saturated heterocycles. The maximum Gasteiger partial charge on any atom is 0.265 e. The number of benzene rings is 2. The number of nitrogens with zero attached hydrogens (tertiary/aromatic N) is 1. The third kappa shape index (κ3) is 5.43. The number of hydrogen-bond acceptors (Lipinski definition) is 3. The third-order valence-corrected chi connectivity index (χ3v) is 6.74. The van der Waals surface area contributed by atoms with Crippen LogP contribution in [0, 0.1) is 5.82 Å². The summed E-state index contributed by atoms with van der Waals surface area (Å²) in [6, 6.07) is 18.4. The molecule has 2 aromatic carbocycles. The Morgan fingerprint density at radius 3 is 2.34 bits per heavy atom. The zero-order valence-corrected chi connectivity index (χ0v) is 18.7. The fourth-order valence-corrected chi connectivity index (χ4v) is 4.92. The Kier molecular flexibility index (Phi) is 7.32. The molecule has 2 amide bonds. The van der Waals surface area contributed by atoms with E-state index in [1.54, 1.807) is 23.1 Å². The lowest BCUT2D eigenvalue weighted by atomic mass is 9.94. The number of amides is 2. The van der Waals surface area contributed by atoms with E-state index in [1.165, 1.54) is 29.9 Å². The molecule has 1 aliphatic rings. The molecule has 1 aliphatic carbocycles. The normalized spacial score (nSPS) is 15.2. The van der Waals surface area contributed by atoms with Crippen LogP contribution in [-0.2, 0) is 11.3 Å². The van der Waals surface area contributed by atoms with Crippen LogP contribution in [0.2, 0.25) is 0 Å². The highest BCUT2D eigenvalue weighted by atomic mass is 32.1. The summed E-state index contributed by atoms with van der Waals surface area (Å²) in [6.45, 7) is 0.203. The second-order valence-electron chi connectivity index (χ2n) is 8.19. The largest absolute Gasteiger partial charge is 0.351 e. The molecule has 1 aromatic heterocycles. The van der Waals surface area contributed by atoms with Crippen LogP contribution in [0.4, 0.5) is 4.39 Å². The van der Waals surface area contributed by atoms with Crippen molar-refractivity contribution >= 4 is 23.2 Å². The SMILES string of the molecule is O=C(NC1CCCCC1)[C@H](c1ccccc1)N(Cc1ccc(F)cc1)C(=O)c1cccs1. The lowest BCUT2D eigenvalue weighted by Crippen LogP contribution is -2.46. The van der Waals surface area contributed by atoms with Crippen LogP contribution in [0.25, 0.3) is 0 Å². The number of hydrogen-bond donors (Lipinski definition) is 1. The molecule has 4 rings (SSSR count). The fourth-order valence-electron chi connectivity index (χ4n) is 4.24. The number of carbonyl (C=O) groups excluding carboxylic acids is 2. The zero-order chi connectivity index (χ0) is 22.3. The van der Waals surface area contributed by atoms with E-state index in [0.717, 1.165) is 36.8 Å². The molecule has 1 fully saturated rings. The van der Waals surface area contributed by atoms with Crippen molar-refractivity contribution in [1.82, 2.24) is 10.2 Å². The summed E-state index contributed by atoms with van der Waals surface area (Å²) in [5, 5.41) is 5.05. The highest BCUT2D eigenvalue weighted by molar-refractivity contribution is 7.12. The average molecular weight is 451 g/mol. The van der Waals surface area contributed by atoms with Gasteiger partial charge in [0.15, 0.2) is 0 Å². The van der Waals surface area contributed by atoms with Gasteiger partial charge in [-0.15, -0.1) is 11.3 Å². The van der Waals surface area contributed by atoms with E-state index in [4.69, 9.17) is 0 Å². The maximum atomic E-state index is 13.6.